The molecular formula is C85H132N24O24. The summed E-state index contributed by atoms with van der Waals surface area (Å²) in [6.07, 6.45) is 1.19. The molecule has 2 aromatic carbocycles. The number of hydrogen-bond acceptors (Lipinski definition) is 26. The van der Waals surface area contributed by atoms with Crippen LogP contribution in [0.25, 0.3) is 0 Å². The molecule has 0 unspecified atom stereocenters. The summed E-state index contributed by atoms with van der Waals surface area (Å²) >= 11 is 0. The summed E-state index contributed by atoms with van der Waals surface area (Å²) in [5, 5.41) is 73.4. The van der Waals surface area contributed by atoms with E-state index in [1.807, 2.05) is 0 Å². The number of carboxylic acid groups (broad SMARTS) is 1. The predicted molar refractivity (Wildman–Crippen MR) is 477 cm³/mol. The fourth-order valence-corrected chi connectivity index (χ4v) is 12.9. The van der Waals surface area contributed by atoms with Gasteiger partial charge in [-0.1, -0.05) is 143 Å². The SMILES string of the molecule is CC[C@H](C)[C@H](NC(=O)[C@H](CO)NC(=O)CN)C(=O)NCC(=O)NCC(=O)N[C@H](C(=O)N[C@@H](Cc1ccccc1)C(=O)N[C@@H](CC(N)=O)C(=O)N[C@@H](CO)C(=O)N[C@H](C(=O)NCC(=O)N[C@@H](CCCCN)C(=O)N[C@@H](C)C(=O)N[C@H](C(=O)N[C@@H](Cc1cnc[nH]1)C(=O)N[C@@H](CCC(N)=O)C(=O)N[C@H](C(=O)N[C@@H](Cc1ccccc1)C(=O)NCC(=O)O)C(C)C)C(C)C)[C@@H](C)CC)C(C)C. The first kappa shape index (κ1) is 114. The molecule has 3 rings (SSSR count). The molecule has 1 aromatic heterocycles. The molecule has 0 aliphatic carbocycles. The summed E-state index contributed by atoms with van der Waals surface area (Å²) in [6, 6.07) is -4.78. The Morgan fingerprint density at radius 2 is 0.737 bits per heavy atom. The number of aliphatic hydroxyl groups excluding tert-OH is 2. The number of aliphatic carboxylic acids is 1. The Hall–Kier alpha value is -13.6. The number of benzene rings is 2. The molecule has 0 bridgehead atoms. The van der Waals surface area contributed by atoms with Gasteiger partial charge in [0.25, 0.3) is 0 Å². The lowest BCUT2D eigenvalue weighted by molar-refractivity contribution is -0.139. The Kier molecular flexibility index (Phi) is 50.3. The Morgan fingerprint density at radius 1 is 0.361 bits per heavy atom. The van der Waals surface area contributed by atoms with E-state index in [1.54, 1.807) is 109 Å². The lowest BCUT2D eigenvalue weighted by atomic mass is 9.97. The lowest BCUT2D eigenvalue weighted by Gasteiger charge is -2.29. The summed E-state index contributed by atoms with van der Waals surface area (Å²) in [6.45, 7) is 11.7. The second kappa shape index (κ2) is 58.9. The van der Waals surface area contributed by atoms with Crippen molar-refractivity contribution in [1.29, 1.82) is 0 Å². The predicted octanol–water partition coefficient (Wildman–Crippen LogP) is -8.93. The van der Waals surface area contributed by atoms with E-state index in [4.69, 9.17) is 22.9 Å². The third-order valence-electron chi connectivity index (χ3n) is 21.0. The number of aliphatic hydroxyl groups is 2. The number of amides is 20. The maximum atomic E-state index is 14.5. The second-order valence-corrected chi connectivity index (χ2v) is 32.8. The summed E-state index contributed by atoms with van der Waals surface area (Å²) < 4.78 is 0. The van der Waals surface area contributed by atoms with Crippen molar-refractivity contribution < 1.29 is 116 Å². The Morgan fingerprint density at radius 3 is 1.18 bits per heavy atom. The van der Waals surface area contributed by atoms with E-state index >= 15 is 0 Å². The average Bonchev–Trinajstić information content (AvgIpc) is 1.56. The Labute approximate surface area is 769 Å². The largest absolute Gasteiger partial charge is 0.480 e. The van der Waals surface area contributed by atoms with E-state index in [9.17, 15) is 116 Å². The number of aromatic nitrogens is 2. The number of rotatable bonds is 61. The number of primary amides is 2. The lowest BCUT2D eigenvalue weighted by Crippen LogP contribution is -2.61. The molecule has 16 atom stereocenters. The van der Waals surface area contributed by atoms with Crippen LogP contribution >= 0.6 is 0 Å². The molecule has 0 fully saturated rings. The second-order valence-electron chi connectivity index (χ2n) is 32.8. The molecule has 0 aliphatic heterocycles. The van der Waals surface area contributed by atoms with E-state index in [0.717, 1.165) is 0 Å². The fourth-order valence-electron chi connectivity index (χ4n) is 12.9. The normalized spacial score (nSPS) is 14.7. The van der Waals surface area contributed by atoms with Gasteiger partial charge >= 0.3 is 5.97 Å². The van der Waals surface area contributed by atoms with E-state index in [-0.39, 0.29) is 45.1 Å². The Bertz CT molecular complexity index is 4430. The number of unbranched alkanes of at least 4 members (excludes halogenated alkanes) is 1. The quantitative estimate of drug-likeness (QED) is 0.0233. The van der Waals surface area contributed by atoms with E-state index < -0.39 is 303 Å². The van der Waals surface area contributed by atoms with Crippen LogP contribution in [0, 0.1) is 29.6 Å². The number of nitrogens with zero attached hydrogens (tertiary/aromatic N) is 1. The fraction of sp³-hybridized carbons (Fsp3) is 0.576. The van der Waals surface area contributed by atoms with Crippen LogP contribution in [-0.4, -0.2) is 286 Å². The van der Waals surface area contributed by atoms with Crippen LogP contribution in [-0.2, 0) is 120 Å². The van der Waals surface area contributed by atoms with Gasteiger partial charge in [0.1, 0.15) is 91.1 Å². The molecule has 0 spiro atoms. The van der Waals surface area contributed by atoms with Gasteiger partial charge in [0.15, 0.2) is 0 Å². The maximum absolute atomic E-state index is 14.5. The summed E-state index contributed by atoms with van der Waals surface area (Å²) in [5.41, 5.74) is 23.4. The van der Waals surface area contributed by atoms with Crippen molar-refractivity contribution in [2.24, 2.45) is 52.5 Å². The summed E-state index contributed by atoms with van der Waals surface area (Å²) in [4.78, 5) is 290. The van der Waals surface area contributed by atoms with E-state index in [1.165, 1.54) is 40.2 Å². The van der Waals surface area contributed by atoms with Crippen LogP contribution in [0.4, 0.5) is 0 Å². The highest BCUT2D eigenvalue weighted by atomic mass is 16.4. The van der Waals surface area contributed by atoms with Gasteiger partial charge in [-0.2, -0.15) is 0 Å². The van der Waals surface area contributed by atoms with Crippen molar-refractivity contribution in [1.82, 2.24) is 106 Å². The summed E-state index contributed by atoms with van der Waals surface area (Å²) in [7, 11) is 0. The zero-order chi connectivity index (χ0) is 99.9. The standard InChI is InChI=1S/C85H132N24O24/c1-12-46(9)70(108-79(127)58(40-110)98-62(114)34-87)81(129)92-36-63(115)91-37-65(117)105-67(43(3)4)83(131)102-55(31-50-24-18-15-19-25-50)76(124)100-57(33-61(89)113)78(126)104-59(41-111)80(128)109-71(47(10)13-2)82(130)93-38-64(116)97-52(26-20-21-29-86)74(122)96-48(11)72(120)106-68(44(5)6)84(132)103-56(32-51-35-90-42-95-51)77(125)99-53(27-28-60(88)112)75(123)107-69(45(7)8)85(133)101-54(73(121)94-39-66(118)119)30-49-22-16-14-17-23-49/h14-19,22-25,35,42-48,52-59,67-71,110-111H,12-13,20-21,26-34,36-41,86-87H2,1-11H3,(H2,88,112)(H2,89,113)(H,90,95)(H,91,115)(H,92,129)(H,93,130)(H,94,121)(H,96,122)(H,97,116)(H,98,114)(H,99,125)(H,100,124)(H,101,133)(H,102,131)(H,103,132)(H,104,126)(H,105,117)(H,106,120)(H,107,123)(H,108,127)(H,109,128)(H,118,119)/t46-,47-,48-,52-,53-,54-,55-,56-,57-,58-,59-,67-,68-,69-,70-,71-/m0/s1. The number of nitrogens with one attached hydrogen (secondary N) is 19. The highest BCUT2D eigenvalue weighted by Crippen LogP contribution is 2.16. The van der Waals surface area contributed by atoms with Crippen molar-refractivity contribution in [3.8, 4) is 0 Å². The monoisotopic (exact) mass is 1870 g/mol. The molecule has 0 aliphatic rings. The van der Waals surface area contributed by atoms with Gasteiger partial charge in [0, 0.05) is 37.6 Å². The third-order valence-corrected chi connectivity index (χ3v) is 21.0. The third kappa shape index (κ3) is 41.1. The zero-order valence-electron chi connectivity index (χ0n) is 76.5. The molecule has 0 radical (unpaired) electrons. The molecule has 20 amide bonds. The van der Waals surface area contributed by atoms with Crippen LogP contribution in [0.5, 0.6) is 0 Å². The number of aromatic amines is 1. The first-order chi connectivity index (χ1) is 62.8. The van der Waals surface area contributed by atoms with Gasteiger partial charge in [0.2, 0.25) is 118 Å². The minimum atomic E-state index is -1.92. The highest BCUT2D eigenvalue weighted by molar-refractivity contribution is 6.02. The Balaban J connectivity index is 1.76. The van der Waals surface area contributed by atoms with Crippen LogP contribution in [0.2, 0.25) is 0 Å². The summed E-state index contributed by atoms with van der Waals surface area (Å²) in [5.74, 6) is -24.1. The number of carboxylic acids is 1. The number of hydrogen-bond donors (Lipinski definition) is 26. The minimum Gasteiger partial charge on any atom is -0.480 e. The number of H-pyrrole nitrogens is 1. The molecular weight excluding hydrogens is 1740 g/mol. The maximum Gasteiger partial charge on any atom is 0.322 e. The average molecular weight is 1870 g/mol. The number of nitrogens with two attached hydrogens (primary N) is 4. The van der Waals surface area contributed by atoms with Gasteiger partial charge < -0.3 is 139 Å². The molecule has 3 aromatic rings. The number of carbonyl (C=O) groups is 21. The smallest absolute Gasteiger partial charge is 0.322 e. The highest BCUT2D eigenvalue weighted by Gasteiger charge is 2.40. The van der Waals surface area contributed by atoms with Gasteiger partial charge in [0.05, 0.1) is 52.1 Å². The first-order valence-corrected chi connectivity index (χ1v) is 43.6. The van der Waals surface area contributed by atoms with Gasteiger partial charge in [-0.3, -0.25) is 101 Å². The zero-order valence-corrected chi connectivity index (χ0v) is 76.5. The van der Waals surface area contributed by atoms with Crippen molar-refractivity contribution in [2.45, 2.75) is 231 Å². The molecule has 30 N–H and O–H groups in total. The molecule has 0 saturated carbocycles. The van der Waals surface area contributed by atoms with Crippen LogP contribution in [0.1, 0.15) is 144 Å². The van der Waals surface area contributed by atoms with Gasteiger partial charge in [-0.15, -0.1) is 0 Å². The van der Waals surface area contributed by atoms with Crippen molar-refractivity contribution in [2.75, 3.05) is 52.5 Å². The van der Waals surface area contributed by atoms with Gasteiger partial charge in [-0.25, -0.2) is 4.98 Å². The molecule has 1 heterocycles. The molecule has 736 valence electrons. The van der Waals surface area contributed by atoms with Gasteiger partial charge in [-0.05, 0) is 79.9 Å². The van der Waals surface area contributed by atoms with Crippen LogP contribution < -0.4 is 119 Å². The van der Waals surface area contributed by atoms with Crippen LogP contribution in [0.3, 0.4) is 0 Å². The number of carbonyl (C=O) groups excluding carboxylic acids is 20. The molecule has 48 heteroatoms. The minimum absolute atomic E-state index is 0.0704. The van der Waals surface area contributed by atoms with Crippen molar-refractivity contribution in [3.63, 3.8) is 0 Å². The topological polar surface area (TPSA) is 768 Å². The molecule has 0 saturated heterocycles. The number of imidazole rings is 1. The van der Waals surface area contributed by atoms with Crippen molar-refractivity contribution >= 4 is 124 Å². The van der Waals surface area contributed by atoms with E-state index in [2.05, 4.69) is 106 Å². The first-order valence-electron chi connectivity index (χ1n) is 43.6. The molecule has 133 heavy (non-hydrogen) atoms. The van der Waals surface area contributed by atoms with Crippen molar-refractivity contribution in [3.05, 3.63) is 90.0 Å². The molecule has 48 nitrogen and oxygen atoms in total. The van der Waals surface area contributed by atoms with Crippen LogP contribution in [0.15, 0.2) is 73.2 Å². The van der Waals surface area contributed by atoms with E-state index in [0.29, 0.717) is 29.7 Å².